The first-order chi connectivity index (χ1) is 10.6. The molecule has 0 bridgehead atoms. The second kappa shape index (κ2) is 8.47. The van der Waals surface area contributed by atoms with E-state index < -0.39 is 5.79 Å². The third-order valence-electron chi connectivity index (χ3n) is 4.29. The minimum absolute atomic E-state index is 0.0220. The molecule has 1 aromatic carbocycles. The quantitative estimate of drug-likeness (QED) is 0.527. The molecule has 2 rings (SSSR count). The Morgan fingerprint density at radius 2 is 2.23 bits per heavy atom. The SMILES string of the molecule is CCCC(OC)C(O)(Oc1ccccc1I)[C@@H]1CCCNC1. The van der Waals surface area contributed by atoms with Crippen molar-refractivity contribution in [2.75, 3.05) is 20.2 Å². The van der Waals surface area contributed by atoms with Gasteiger partial charge in [0.05, 0.1) is 3.57 Å². The number of nitrogens with one attached hydrogen (secondary N) is 1. The summed E-state index contributed by atoms with van der Waals surface area (Å²) in [6.07, 6.45) is 3.36. The van der Waals surface area contributed by atoms with Crippen LogP contribution in [0.5, 0.6) is 5.75 Å². The van der Waals surface area contributed by atoms with Crippen molar-refractivity contribution in [1.82, 2.24) is 5.32 Å². The lowest BCUT2D eigenvalue weighted by Gasteiger charge is -2.43. The highest BCUT2D eigenvalue weighted by atomic mass is 127. The molecule has 0 saturated carbocycles. The third kappa shape index (κ3) is 4.13. The normalized spacial score (nSPS) is 22.8. The Labute approximate surface area is 146 Å². The fraction of sp³-hybridized carbons (Fsp3) is 0.647. The first-order valence-electron chi connectivity index (χ1n) is 8.01. The van der Waals surface area contributed by atoms with Gasteiger partial charge in [0, 0.05) is 19.6 Å². The highest BCUT2D eigenvalue weighted by molar-refractivity contribution is 14.1. The number of methoxy groups -OCH3 is 1. The summed E-state index contributed by atoms with van der Waals surface area (Å²) in [6, 6.07) is 7.78. The van der Waals surface area contributed by atoms with Crippen LogP contribution in [0.25, 0.3) is 0 Å². The summed E-state index contributed by atoms with van der Waals surface area (Å²) in [5, 5.41) is 14.8. The molecule has 1 aromatic rings. The van der Waals surface area contributed by atoms with Crippen LogP contribution in [0.1, 0.15) is 32.6 Å². The maximum Gasteiger partial charge on any atom is 0.238 e. The summed E-state index contributed by atoms with van der Waals surface area (Å²) in [4.78, 5) is 0. The summed E-state index contributed by atoms with van der Waals surface area (Å²) < 4.78 is 12.8. The zero-order chi connectivity index (χ0) is 16.0. The average molecular weight is 419 g/mol. The van der Waals surface area contributed by atoms with Gasteiger partial charge in [0.1, 0.15) is 11.9 Å². The molecule has 0 radical (unpaired) electrons. The topological polar surface area (TPSA) is 50.7 Å². The van der Waals surface area contributed by atoms with E-state index in [1.165, 1.54) is 0 Å². The maximum atomic E-state index is 11.4. The number of para-hydroxylation sites is 1. The van der Waals surface area contributed by atoms with Crippen LogP contribution in [0, 0.1) is 9.49 Å². The van der Waals surface area contributed by atoms with Crippen molar-refractivity contribution in [2.45, 2.75) is 44.5 Å². The van der Waals surface area contributed by atoms with E-state index in [0.717, 1.165) is 42.3 Å². The fourth-order valence-electron chi connectivity index (χ4n) is 3.08. The van der Waals surface area contributed by atoms with Crippen LogP contribution in [0.4, 0.5) is 0 Å². The van der Waals surface area contributed by atoms with E-state index in [1.54, 1.807) is 7.11 Å². The standard InChI is InChI=1S/C17H26INO3/c1-3-7-16(21-2)17(20,13-8-6-11-19-12-13)22-15-10-5-4-9-14(15)18/h4-5,9-10,13,16,19-20H,3,6-8,11-12H2,1-2H3/t13-,16?,17?/m1/s1. The van der Waals surface area contributed by atoms with Crippen molar-refractivity contribution in [3.05, 3.63) is 27.8 Å². The Bertz CT molecular complexity index is 458. The minimum atomic E-state index is -1.31. The first-order valence-corrected chi connectivity index (χ1v) is 9.09. The largest absolute Gasteiger partial charge is 0.458 e. The number of hydrogen-bond acceptors (Lipinski definition) is 4. The van der Waals surface area contributed by atoms with Gasteiger partial charge in [0.2, 0.25) is 5.79 Å². The molecule has 0 aromatic heterocycles. The van der Waals surface area contributed by atoms with Crippen molar-refractivity contribution in [1.29, 1.82) is 0 Å². The lowest BCUT2D eigenvalue weighted by atomic mass is 9.85. The van der Waals surface area contributed by atoms with Gasteiger partial charge >= 0.3 is 0 Å². The molecule has 5 heteroatoms. The molecule has 2 N–H and O–H groups in total. The van der Waals surface area contributed by atoms with Crippen molar-refractivity contribution < 1.29 is 14.6 Å². The molecule has 1 fully saturated rings. The van der Waals surface area contributed by atoms with E-state index >= 15 is 0 Å². The van der Waals surface area contributed by atoms with Crippen LogP contribution >= 0.6 is 22.6 Å². The van der Waals surface area contributed by atoms with Crippen molar-refractivity contribution >= 4 is 22.6 Å². The molecular weight excluding hydrogens is 393 g/mol. The maximum absolute atomic E-state index is 11.4. The molecule has 4 nitrogen and oxygen atoms in total. The smallest absolute Gasteiger partial charge is 0.238 e. The van der Waals surface area contributed by atoms with Crippen molar-refractivity contribution in [3.63, 3.8) is 0 Å². The average Bonchev–Trinajstić information content (AvgIpc) is 2.55. The molecular formula is C17H26INO3. The third-order valence-corrected chi connectivity index (χ3v) is 5.18. The zero-order valence-electron chi connectivity index (χ0n) is 13.3. The van der Waals surface area contributed by atoms with E-state index in [2.05, 4.69) is 34.8 Å². The van der Waals surface area contributed by atoms with E-state index in [1.807, 2.05) is 24.3 Å². The van der Waals surface area contributed by atoms with Crippen molar-refractivity contribution in [3.8, 4) is 5.75 Å². The van der Waals surface area contributed by atoms with Gasteiger partial charge in [-0.1, -0.05) is 25.5 Å². The summed E-state index contributed by atoms with van der Waals surface area (Å²) in [6.45, 7) is 3.85. The van der Waals surface area contributed by atoms with Crippen LogP contribution in [0.15, 0.2) is 24.3 Å². The Hall–Kier alpha value is -0.370. The molecule has 2 unspecified atom stereocenters. The molecule has 0 spiro atoms. The Balaban J connectivity index is 2.29. The molecule has 3 atom stereocenters. The second-order valence-corrected chi connectivity index (χ2v) is 7.00. The van der Waals surface area contributed by atoms with Gasteiger partial charge in [0.15, 0.2) is 0 Å². The number of piperidine rings is 1. The number of halogens is 1. The second-order valence-electron chi connectivity index (χ2n) is 5.84. The van der Waals surface area contributed by atoms with E-state index in [4.69, 9.17) is 9.47 Å². The van der Waals surface area contributed by atoms with Gasteiger partial charge in [-0.25, -0.2) is 0 Å². The highest BCUT2D eigenvalue weighted by Crippen LogP contribution is 2.35. The molecule has 0 amide bonds. The first kappa shape index (κ1) is 18.0. The Kier molecular flexibility index (Phi) is 6.92. The van der Waals surface area contributed by atoms with E-state index in [0.29, 0.717) is 5.75 Å². The predicted molar refractivity (Wildman–Crippen MR) is 96.0 cm³/mol. The fourth-order valence-corrected chi connectivity index (χ4v) is 3.57. The van der Waals surface area contributed by atoms with Crippen LogP contribution in [-0.2, 0) is 4.74 Å². The highest BCUT2D eigenvalue weighted by Gasteiger charge is 2.47. The summed E-state index contributed by atoms with van der Waals surface area (Å²) in [5.74, 6) is -0.567. The van der Waals surface area contributed by atoms with Crippen LogP contribution in [-0.4, -0.2) is 37.2 Å². The molecule has 22 heavy (non-hydrogen) atoms. The Morgan fingerprint density at radius 1 is 1.45 bits per heavy atom. The monoisotopic (exact) mass is 419 g/mol. The molecule has 1 aliphatic rings. The summed E-state index contributed by atoms with van der Waals surface area (Å²) in [7, 11) is 1.65. The predicted octanol–water partition coefficient (Wildman–Crippen LogP) is 3.17. The lowest BCUT2D eigenvalue weighted by Crippen LogP contribution is -2.58. The summed E-state index contributed by atoms with van der Waals surface area (Å²) >= 11 is 2.24. The zero-order valence-corrected chi connectivity index (χ0v) is 15.5. The molecule has 1 heterocycles. The molecule has 1 aliphatic heterocycles. The van der Waals surface area contributed by atoms with Crippen LogP contribution in [0.2, 0.25) is 0 Å². The van der Waals surface area contributed by atoms with Gasteiger partial charge < -0.3 is 19.9 Å². The number of benzene rings is 1. The molecule has 124 valence electrons. The number of rotatable bonds is 7. The number of hydrogen-bond donors (Lipinski definition) is 2. The Morgan fingerprint density at radius 3 is 2.82 bits per heavy atom. The lowest BCUT2D eigenvalue weighted by molar-refractivity contribution is -0.249. The van der Waals surface area contributed by atoms with Gasteiger partial charge in [0.25, 0.3) is 0 Å². The van der Waals surface area contributed by atoms with Gasteiger partial charge in [-0.05, 0) is 60.5 Å². The van der Waals surface area contributed by atoms with E-state index in [-0.39, 0.29) is 12.0 Å². The van der Waals surface area contributed by atoms with Crippen molar-refractivity contribution in [2.24, 2.45) is 5.92 Å². The summed E-state index contributed by atoms with van der Waals surface area (Å²) in [5.41, 5.74) is 0. The molecule has 1 saturated heterocycles. The van der Waals surface area contributed by atoms with Crippen LogP contribution in [0.3, 0.4) is 0 Å². The van der Waals surface area contributed by atoms with Gasteiger partial charge in [-0.2, -0.15) is 0 Å². The van der Waals surface area contributed by atoms with Gasteiger partial charge in [-0.3, -0.25) is 0 Å². The van der Waals surface area contributed by atoms with E-state index in [9.17, 15) is 5.11 Å². The van der Waals surface area contributed by atoms with Gasteiger partial charge in [-0.15, -0.1) is 0 Å². The molecule has 0 aliphatic carbocycles. The minimum Gasteiger partial charge on any atom is -0.458 e. The number of ether oxygens (including phenoxy) is 2. The van der Waals surface area contributed by atoms with Crippen LogP contribution < -0.4 is 10.1 Å². The number of aliphatic hydroxyl groups is 1.